The first-order valence-corrected chi connectivity index (χ1v) is 9.22. The summed E-state index contributed by atoms with van der Waals surface area (Å²) in [6, 6.07) is 4.99. The molecule has 140 valence electrons. The summed E-state index contributed by atoms with van der Waals surface area (Å²) in [7, 11) is 0. The number of rotatable bonds is 3. The average Bonchev–Trinajstić information content (AvgIpc) is 3.30. The van der Waals surface area contributed by atoms with Crippen LogP contribution in [0.25, 0.3) is 5.69 Å². The first-order chi connectivity index (χ1) is 12.9. The second-order valence-corrected chi connectivity index (χ2v) is 7.43. The van der Waals surface area contributed by atoms with Crippen LogP contribution in [0.3, 0.4) is 0 Å². The van der Waals surface area contributed by atoms with Crippen LogP contribution in [-0.4, -0.2) is 20.7 Å². The first kappa shape index (κ1) is 17.7. The standard InChI is InChI=1S/C18H15F3N4OS/c19-18(20,21)12-5-6-14(25-10-22-9-23-25)13(8-12)24-17(26)16-7-11-3-1-2-4-15(11)27-16/h5-10H,1-4H2,(H,24,26). The van der Waals surface area contributed by atoms with Gasteiger partial charge in [-0.15, -0.1) is 11.3 Å². The largest absolute Gasteiger partial charge is 0.416 e. The van der Waals surface area contributed by atoms with Crippen LogP contribution in [-0.2, 0) is 19.0 Å². The zero-order valence-corrected chi connectivity index (χ0v) is 14.9. The van der Waals surface area contributed by atoms with Gasteiger partial charge in [0.25, 0.3) is 5.91 Å². The summed E-state index contributed by atoms with van der Waals surface area (Å²) in [4.78, 5) is 18.2. The Morgan fingerprint density at radius 1 is 1.19 bits per heavy atom. The molecule has 0 saturated heterocycles. The lowest BCUT2D eigenvalue weighted by Gasteiger charge is -2.14. The molecule has 0 radical (unpaired) electrons. The minimum absolute atomic E-state index is 0.0340. The third-order valence-electron chi connectivity index (χ3n) is 4.46. The molecule has 9 heteroatoms. The van der Waals surface area contributed by atoms with Crippen molar-refractivity contribution < 1.29 is 18.0 Å². The summed E-state index contributed by atoms with van der Waals surface area (Å²) in [5.74, 6) is -0.421. The van der Waals surface area contributed by atoms with Crippen molar-refractivity contribution >= 4 is 22.9 Å². The van der Waals surface area contributed by atoms with Crippen LogP contribution in [0, 0.1) is 0 Å². The van der Waals surface area contributed by atoms with Gasteiger partial charge in [0, 0.05) is 4.88 Å². The number of aryl methyl sites for hydroxylation is 2. The molecule has 5 nitrogen and oxygen atoms in total. The lowest BCUT2D eigenvalue weighted by atomic mass is 9.99. The Labute approximate surface area is 156 Å². The number of amides is 1. The van der Waals surface area contributed by atoms with Crippen molar-refractivity contribution in [2.24, 2.45) is 0 Å². The number of nitrogens with one attached hydrogen (secondary N) is 1. The number of aromatic nitrogens is 3. The van der Waals surface area contributed by atoms with E-state index >= 15 is 0 Å². The number of thiophene rings is 1. The lowest BCUT2D eigenvalue weighted by molar-refractivity contribution is -0.137. The molecule has 3 aromatic rings. The van der Waals surface area contributed by atoms with Crippen LogP contribution in [0.4, 0.5) is 18.9 Å². The molecule has 0 aliphatic heterocycles. The Morgan fingerprint density at radius 2 is 2.00 bits per heavy atom. The fourth-order valence-corrected chi connectivity index (χ4v) is 4.28. The SMILES string of the molecule is O=C(Nc1cc(C(F)(F)F)ccc1-n1cncn1)c1cc2c(s1)CCCC2. The van der Waals surface area contributed by atoms with Gasteiger partial charge in [-0.1, -0.05) is 0 Å². The summed E-state index contributed by atoms with van der Waals surface area (Å²) in [5.41, 5.74) is 0.672. The second kappa shape index (κ2) is 6.80. The van der Waals surface area contributed by atoms with Crippen LogP contribution in [0.2, 0.25) is 0 Å². The highest BCUT2D eigenvalue weighted by Crippen LogP contribution is 2.34. The van der Waals surface area contributed by atoms with E-state index < -0.39 is 17.6 Å². The molecular weight excluding hydrogens is 377 g/mol. The zero-order valence-electron chi connectivity index (χ0n) is 14.1. The van der Waals surface area contributed by atoms with Crippen molar-refractivity contribution in [1.82, 2.24) is 14.8 Å². The fourth-order valence-electron chi connectivity index (χ4n) is 3.13. The van der Waals surface area contributed by atoms with E-state index in [-0.39, 0.29) is 5.69 Å². The van der Waals surface area contributed by atoms with Gasteiger partial charge >= 0.3 is 6.18 Å². The van der Waals surface area contributed by atoms with E-state index in [0.717, 1.165) is 43.4 Å². The van der Waals surface area contributed by atoms with Crippen molar-refractivity contribution in [2.75, 3.05) is 5.32 Å². The molecule has 0 bridgehead atoms. The van der Waals surface area contributed by atoms with Gasteiger partial charge < -0.3 is 5.32 Å². The highest BCUT2D eigenvalue weighted by molar-refractivity contribution is 7.14. The Kier molecular flexibility index (Phi) is 4.47. The van der Waals surface area contributed by atoms with E-state index in [1.165, 1.54) is 39.6 Å². The fraction of sp³-hybridized carbons (Fsp3) is 0.278. The monoisotopic (exact) mass is 392 g/mol. The highest BCUT2D eigenvalue weighted by Gasteiger charge is 2.31. The molecule has 0 atom stereocenters. The topological polar surface area (TPSA) is 59.8 Å². The van der Waals surface area contributed by atoms with Crippen molar-refractivity contribution in [1.29, 1.82) is 0 Å². The van der Waals surface area contributed by atoms with E-state index in [4.69, 9.17) is 0 Å². The summed E-state index contributed by atoms with van der Waals surface area (Å²) in [6.07, 6.45) is 2.20. The van der Waals surface area contributed by atoms with Gasteiger partial charge in [-0.05, 0) is 55.5 Å². The first-order valence-electron chi connectivity index (χ1n) is 8.41. The van der Waals surface area contributed by atoms with Crippen molar-refractivity contribution in [3.63, 3.8) is 0 Å². The van der Waals surface area contributed by atoms with Gasteiger partial charge in [-0.2, -0.15) is 18.3 Å². The van der Waals surface area contributed by atoms with Crippen LogP contribution in [0.15, 0.2) is 36.9 Å². The maximum absolute atomic E-state index is 13.1. The number of fused-ring (bicyclic) bond motifs is 1. The zero-order chi connectivity index (χ0) is 19.0. The van der Waals surface area contributed by atoms with E-state index in [0.29, 0.717) is 10.6 Å². The number of anilines is 1. The van der Waals surface area contributed by atoms with Crippen LogP contribution in [0.5, 0.6) is 0 Å². The van der Waals surface area contributed by atoms with Gasteiger partial charge in [-0.25, -0.2) is 9.67 Å². The number of nitrogens with zero attached hydrogens (tertiary/aromatic N) is 3. The molecule has 2 heterocycles. The maximum atomic E-state index is 13.1. The minimum atomic E-state index is -4.51. The molecule has 2 aromatic heterocycles. The third-order valence-corrected chi connectivity index (χ3v) is 5.69. The van der Waals surface area contributed by atoms with Gasteiger partial charge in [0.15, 0.2) is 0 Å². The highest BCUT2D eigenvalue weighted by atomic mass is 32.1. The number of hydrogen-bond donors (Lipinski definition) is 1. The average molecular weight is 392 g/mol. The van der Waals surface area contributed by atoms with Crippen molar-refractivity contribution in [2.45, 2.75) is 31.9 Å². The van der Waals surface area contributed by atoms with Crippen molar-refractivity contribution in [3.8, 4) is 5.69 Å². The Balaban J connectivity index is 1.68. The molecule has 0 spiro atoms. The smallest absolute Gasteiger partial charge is 0.319 e. The predicted octanol–water partition coefficient (Wildman–Crippen LogP) is 4.48. The van der Waals surface area contributed by atoms with Crippen LogP contribution in [0.1, 0.15) is 38.5 Å². The summed E-state index contributed by atoms with van der Waals surface area (Å²) in [6.45, 7) is 0. The molecular formula is C18H15F3N4OS. The van der Waals surface area contributed by atoms with E-state index in [9.17, 15) is 18.0 Å². The van der Waals surface area contributed by atoms with Gasteiger partial charge in [-0.3, -0.25) is 4.79 Å². The Morgan fingerprint density at radius 3 is 2.70 bits per heavy atom. The van der Waals surface area contributed by atoms with E-state index in [2.05, 4.69) is 15.4 Å². The van der Waals surface area contributed by atoms with Gasteiger partial charge in [0.05, 0.1) is 21.8 Å². The number of halogens is 3. The molecule has 27 heavy (non-hydrogen) atoms. The van der Waals surface area contributed by atoms with Gasteiger partial charge in [0.1, 0.15) is 12.7 Å². The molecule has 1 aliphatic rings. The molecule has 4 rings (SSSR count). The van der Waals surface area contributed by atoms with E-state index in [1.54, 1.807) is 0 Å². The summed E-state index contributed by atoms with van der Waals surface area (Å²) >= 11 is 1.41. The number of alkyl halides is 3. The number of carbonyl (C=O) groups excluding carboxylic acids is 1. The molecule has 1 amide bonds. The second-order valence-electron chi connectivity index (χ2n) is 6.29. The molecule has 0 fully saturated rings. The van der Waals surface area contributed by atoms with E-state index in [1.807, 2.05) is 6.07 Å². The Bertz CT molecular complexity index is 956. The number of carbonyl (C=O) groups is 1. The number of benzene rings is 1. The lowest BCUT2D eigenvalue weighted by Crippen LogP contribution is -2.14. The predicted molar refractivity (Wildman–Crippen MR) is 95.3 cm³/mol. The molecule has 0 saturated carbocycles. The molecule has 1 aromatic carbocycles. The third kappa shape index (κ3) is 3.59. The van der Waals surface area contributed by atoms with Crippen molar-refractivity contribution in [3.05, 3.63) is 57.8 Å². The molecule has 0 unspecified atom stereocenters. The summed E-state index contributed by atoms with van der Waals surface area (Å²) < 4.78 is 40.7. The van der Waals surface area contributed by atoms with Gasteiger partial charge in [0.2, 0.25) is 0 Å². The van der Waals surface area contributed by atoms with Crippen LogP contribution >= 0.6 is 11.3 Å². The molecule has 1 aliphatic carbocycles. The summed E-state index contributed by atoms with van der Waals surface area (Å²) in [5, 5.41) is 6.57. The minimum Gasteiger partial charge on any atom is -0.319 e. The van der Waals surface area contributed by atoms with Crippen LogP contribution < -0.4 is 5.32 Å². The number of hydrogen-bond acceptors (Lipinski definition) is 4. The normalized spacial score (nSPS) is 14.0. The molecule has 1 N–H and O–H groups in total. The Hall–Kier alpha value is -2.68. The maximum Gasteiger partial charge on any atom is 0.416 e. The quantitative estimate of drug-likeness (QED) is 0.715.